The average Bonchev–Trinajstić information content (AvgIpc) is 2.38. The van der Waals surface area contributed by atoms with Crippen LogP contribution < -0.4 is 4.74 Å². The third kappa shape index (κ3) is 3.38. The Morgan fingerprint density at radius 2 is 2.00 bits per heavy atom. The summed E-state index contributed by atoms with van der Waals surface area (Å²) in [5, 5.41) is 0.711. The molecule has 0 spiro atoms. The molecule has 0 saturated carbocycles. The first-order valence-electron chi connectivity index (χ1n) is 5.77. The molecule has 1 aromatic heterocycles. The highest BCUT2D eigenvalue weighted by molar-refractivity contribution is 6.37. The highest BCUT2D eigenvalue weighted by Crippen LogP contribution is 2.23. The first-order valence-corrected chi connectivity index (χ1v) is 6.53. The molecule has 3 nitrogen and oxygen atoms in total. The number of nitrogens with zero attached hydrogens (tertiary/aromatic N) is 1. The molecule has 2 rings (SSSR count). The number of aryl methyl sites for hydroxylation is 1. The molecule has 102 valence electrons. The quantitative estimate of drug-likeness (QED) is 0.475. The number of Topliss-reactive ketones (excluding diaryl/α,β-unsaturated/α-hetero) is 1. The third-order valence-corrected chi connectivity index (χ3v) is 3.07. The van der Waals surface area contributed by atoms with Gasteiger partial charge in [-0.1, -0.05) is 35.8 Å². The first-order chi connectivity index (χ1) is 9.47. The van der Waals surface area contributed by atoms with Crippen molar-refractivity contribution in [3.05, 3.63) is 70.0 Å². The molecule has 0 aliphatic rings. The van der Waals surface area contributed by atoms with Gasteiger partial charge >= 0.3 is 0 Å². The van der Waals surface area contributed by atoms with E-state index in [-0.39, 0.29) is 16.3 Å². The summed E-state index contributed by atoms with van der Waals surface area (Å²) in [5.41, 5.74) is 1.07. The Hall–Kier alpha value is -1.84. The van der Waals surface area contributed by atoms with E-state index in [9.17, 15) is 4.79 Å². The predicted octanol–water partition coefficient (Wildman–Crippen LogP) is 4.47. The van der Waals surface area contributed by atoms with Gasteiger partial charge in [-0.05, 0) is 31.2 Å². The molecule has 0 fully saturated rings. The van der Waals surface area contributed by atoms with Crippen LogP contribution in [0.4, 0.5) is 0 Å². The zero-order chi connectivity index (χ0) is 14.7. The molecule has 0 N–H and O–H groups in total. The van der Waals surface area contributed by atoms with E-state index in [1.807, 2.05) is 13.0 Å². The van der Waals surface area contributed by atoms with Gasteiger partial charge in [0.2, 0.25) is 11.7 Å². The van der Waals surface area contributed by atoms with Crippen molar-refractivity contribution in [3.8, 4) is 5.88 Å². The van der Waals surface area contributed by atoms with Gasteiger partial charge in [-0.25, -0.2) is 4.98 Å². The standard InChI is InChI=1S/C15H11Cl2NO2/c1-9-4-3-5-14(18-9)20-10(2)15(19)12-7-6-11(16)8-13(12)17/h3-8H,2H2,1H3. The molecular weight excluding hydrogens is 297 g/mol. The van der Waals surface area contributed by atoms with Crippen LogP contribution in [0.5, 0.6) is 5.88 Å². The van der Waals surface area contributed by atoms with Crippen LogP contribution in [0.25, 0.3) is 0 Å². The number of aromatic nitrogens is 1. The summed E-state index contributed by atoms with van der Waals surface area (Å²) in [4.78, 5) is 16.3. The lowest BCUT2D eigenvalue weighted by molar-refractivity contribution is 0.0985. The topological polar surface area (TPSA) is 39.2 Å². The number of allylic oxidation sites excluding steroid dienone is 1. The minimum absolute atomic E-state index is 0.0488. The van der Waals surface area contributed by atoms with Crippen molar-refractivity contribution >= 4 is 29.0 Å². The maximum absolute atomic E-state index is 12.2. The van der Waals surface area contributed by atoms with Crippen molar-refractivity contribution in [2.75, 3.05) is 0 Å². The Morgan fingerprint density at radius 1 is 1.25 bits per heavy atom. The molecule has 0 amide bonds. The number of carbonyl (C=O) groups excluding carboxylic acids is 1. The fourth-order valence-corrected chi connectivity index (χ4v) is 2.07. The largest absolute Gasteiger partial charge is 0.436 e. The number of benzene rings is 1. The van der Waals surface area contributed by atoms with Crippen LogP contribution in [-0.4, -0.2) is 10.8 Å². The number of pyridine rings is 1. The maximum Gasteiger partial charge on any atom is 0.229 e. The summed E-state index contributed by atoms with van der Waals surface area (Å²) >= 11 is 11.8. The summed E-state index contributed by atoms with van der Waals surface area (Å²) < 4.78 is 5.35. The molecule has 0 bridgehead atoms. The van der Waals surface area contributed by atoms with Gasteiger partial charge < -0.3 is 4.74 Å². The molecule has 2 aromatic rings. The number of rotatable bonds is 4. The van der Waals surface area contributed by atoms with E-state index in [0.29, 0.717) is 10.9 Å². The van der Waals surface area contributed by atoms with Crippen molar-refractivity contribution in [1.29, 1.82) is 0 Å². The van der Waals surface area contributed by atoms with E-state index in [1.54, 1.807) is 18.2 Å². The van der Waals surface area contributed by atoms with Crippen molar-refractivity contribution in [2.45, 2.75) is 6.92 Å². The average molecular weight is 308 g/mol. The van der Waals surface area contributed by atoms with E-state index in [2.05, 4.69) is 11.6 Å². The fourth-order valence-electron chi connectivity index (χ4n) is 1.57. The second-order valence-electron chi connectivity index (χ2n) is 4.10. The van der Waals surface area contributed by atoms with Crippen LogP contribution in [-0.2, 0) is 0 Å². The highest BCUT2D eigenvalue weighted by atomic mass is 35.5. The van der Waals surface area contributed by atoms with E-state index >= 15 is 0 Å². The number of ketones is 1. The molecule has 5 heteroatoms. The lowest BCUT2D eigenvalue weighted by atomic mass is 10.1. The second kappa shape index (κ2) is 6.07. The summed E-state index contributed by atoms with van der Waals surface area (Å²) in [6.07, 6.45) is 0. The van der Waals surface area contributed by atoms with Crippen LogP contribution in [0, 0.1) is 6.92 Å². The molecule has 0 aliphatic carbocycles. The Kier molecular flexibility index (Phi) is 4.42. The molecule has 1 heterocycles. The van der Waals surface area contributed by atoms with E-state index < -0.39 is 5.78 Å². The summed E-state index contributed by atoms with van der Waals surface area (Å²) in [6, 6.07) is 9.87. The third-order valence-electron chi connectivity index (χ3n) is 2.52. The van der Waals surface area contributed by atoms with Gasteiger partial charge in [0.05, 0.1) is 5.02 Å². The summed E-state index contributed by atoms with van der Waals surface area (Å²) in [6.45, 7) is 5.44. The molecule has 0 saturated heterocycles. The van der Waals surface area contributed by atoms with Gasteiger partial charge in [0.15, 0.2) is 5.76 Å². The molecule has 0 radical (unpaired) electrons. The minimum atomic E-state index is -0.407. The second-order valence-corrected chi connectivity index (χ2v) is 4.94. The Balaban J connectivity index is 2.19. The SMILES string of the molecule is C=C(Oc1cccc(C)n1)C(=O)c1ccc(Cl)cc1Cl. The van der Waals surface area contributed by atoms with Crippen LogP contribution >= 0.6 is 23.2 Å². The van der Waals surface area contributed by atoms with E-state index in [4.69, 9.17) is 27.9 Å². The van der Waals surface area contributed by atoms with Crippen LogP contribution in [0.15, 0.2) is 48.7 Å². The van der Waals surface area contributed by atoms with Crippen molar-refractivity contribution in [3.63, 3.8) is 0 Å². The number of ether oxygens (including phenoxy) is 1. The molecule has 0 aliphatic heterocycles. The van der Waals surface area contributed by atoms with Gasteiger partial charge in [-0.3, -0.25) is 4.79 Å². The monoisotopic (exact) mass is 307 g/mol. The summed E-state index contributed by atoms with van der Waals surface area (Å²) in [7, 11) is 0. The van der Waals surface area contributed by atoms with E-state index in [1.165, 1.54) is 12.1 Å². The van der Waals surface area contributed by atoms with Gasteiger partial charge in [0.1, 0.15) is 0 Å². The minimum Gasteiger partial charge on any atom is -0.436 e. The van der Waals surface area contributed by atoms with Crippen molar-refractivity contribution in [1.82, 2.24) is 4.98 Å². The highest BCUT2D eigenvalue weighted by Gasteiger charge is 2.16. The predicted molar refractivity (Wildman–Crippen MR) is 79.5 cm³/mol. The Labute approximate surface area is 126 Å². The maximum atomic E-state index is 12.2. The van der Waals surface area contributed by atoms with Gasteiger partial charge in [0, 0.05) is 22.3 Å². The zero-order valence-electron chi connectivity index (χ0n) is 10.7. The smallest absolute Gasteiger partial charge is 0.229 e. The molecule has 0 unspecified atom stereocenters. The van der Waals surface area contributed by atoms with Gasteiger partial charge in [0.25, 0.3) is 0 Å². The lowest BCUT2D eigenvalue weighted by Gasteiger charge is -2.08. The molecule has 20 heavy (non-hydrogen) atoms. The van der Waals surface area contributed by atoms with Crippen LogP contribution in [0.3, 0.4) is 0 Å². The van der Waals surface area contributed by atoms with Gasteiger partial charge in [-0.2, -0.15) is 0 Å². The summed E-state index contributed by atoms with van der Waals surface area (Å²) in [5.74, 6) is -0.143. The molecule has 1 aromatic carbocycles. The lowest BCUT2D eigenvalue weighted by Crippen LogP contribution is -2.09. The number of hydrogen-bond donors (Lipinski definition) is 0. The van der Waals surface area contributed by atoms with Crippen LogP contribution in [0.2, 0.25) is 10.0 Å². The fraction of sp³-hybridized carbons (Fsp3) is 0.0667. The number of halogens is 2. The Bertz CT molecular complexity index is 683. The normalized spacial score (nSPS) is 10.2. The van der Waals surface area contributed by atoms with Crippen molar-refractivity contribution < 1.29 is 9.53 Å². The molecule has 0 atom stereocenters. The number of carbonyl (C=O) groups is 1. The molecular formula is C15H11Cl2NO2. The van der Waals surface area contributed by atoms with Crippen molar-refractivity contribution in [2.24, 2.45) is 0 Å². The first kappa shape index (κ1) is 14.6. The van der Waals surface area contributed by atoms with Gasteiger partial charge in [-0.15, -0.1) is 0 Å². The Morgan fingerprint density at radius 3 is 2.65 bits per heavy atom. The van der Waals surface area contributed by atoms with Crippen LogP contribution in [0.1, 0.15) is 16.1 Å². The number of hydrogen-bond acceptors (Lipinski definition) is 3. The zero-order valence-corrected chi connectivity index (χ0v) is 12.2. The van der Waals surface area contributed by atoms with E-state index in [0.717, 1.165) is 5.69 Å².